The first-order valence-corrected chi connectivity index (χ1v) is 19.7. The Labute approximate surface area is 308 Å². The van der Waals surface area contributed by atoms with E-state index in [1.807, 2.05) is 38.1 Å². The van der Waals surface area contributed by atoms with Crippen molar-refractivity contribution in [3.05, 3.63) is 102 Å². The molecule has 6 rings (SSSR count). The Morgan fingerprint density at radius 1 is 0.556 bits per heavy atom. The molecule has 21 heteroatoms. The SMILES string of the molecule is Cc1ccccc1Nc1nc(Nc2ccccc2C)nc(Nc2cc(S(=O)(=O)O)cc3cc(S(=O)(=O)O)c(N=Nc4ccccc4S(=O)(=O)O)c(O)c23)n1. The fourth-order valence-electron chi connectivity index (χ4n) is 5.19. The average molecular weight is 793 g/mol. The number of hydrogen-bond acceptors (Lipinski definition) is 15. The maximum absolute atomic E-state index is 12.6. The molecule has 5 aromatic carbocycles. The summed E-state index contributed by atoms with van der Waals surface area (Å²) < 4.78 is 103. The number of anilines is 6. The second-order valence-corrected chi connectivity index (χ2v) is 15.7. The predicted molar refractivity (Wildman–Crippen MR) is 198 cm³/mol. The van der Waals surface area contributed by atoms with Crippen LogP contribution in [0.1, 0.15) is 11.1 Å². The Balaban J connectivity index is 1.57. The van der Waals surface area contributed by atoms with Crippen molar-refractivity contribution in [2.75, 3.05) is 16.0 Å². The van der Waals surface area contributed by atoms with Crippen LogP contribution in [0, 0.1) is 13.8 Å². The highest BCUT2D eigenvalue weighted by atomic mass is 32.2. The zero-order valence-electron chi connectivity index (χ0n) is 27.9. The molecule has 7 N–H and O–H groups in total. The van der Waals surface area contributed by atoms with Gasteiger partial charge >= 0.3 is 0 Å². The monoisotopic (exact) mass is 792 g/mol. The third kappa shape index (κ3) is 8.25. The molecule has 278 valence electrons. The fourth-order valence-corrected chi connectivity index (χ4v) is 7.02. The standard InChI is InChI=1S/C33H28N8O10S3/c1-18-9-3-5-11-22(18)34-31-37-32(35-23-12-6-4-10-19(23)2)39-33(38-31)36-25-17-21(52(43,44)45)15-20-16-27(54(49,50)51)29(30(42)28(20)25)41-40-24-13-7-8-14-26(24)53(46,47)48/h3-17,42H,1-2H3,(H,43,44,45)(H,46,47,48)(H,49,50,51)(H3,34,35,36,37,38,39). The lowest BCUT2D eigenvalue weighted by molar-refractivity contribution is 0.472. The Kier molecular flexibility index (Phi) is 10.0. The van der Waals surface area contributed by atoms with Gasteiger partial charge in [0.25, 0.3) is 30.4 Å². The van der Waals surface area contributed by atoms with E-state index in [0.717, 1.165) is 41.5 Å². The highest BCUT2D eigenvalue weighted by Gasteiger charge is 2.26. The van der Waals surface area contributed by atoms with Crippen molar-refractivity contribution in [1.29, 1.82) is 0 Å². The van der Waals surface area contributed by atoms with Crippen molar-refractivity contribution in [3.63, 3.8) is 0 Å². The Morgan fingerprint density at radius 2 is 1.04 bits per heavy atom. The number of fused-ring (bicyclic) bond motifs is 1. The molecule has 0 saturated carbocycles. The third-order valence-electron chi connectivity index (χ3n) is 7.77. The summed E-state index contributed by atoms with van der Waals surface area (Å²) in [6.45, 7) is 3.70. The summed E-state index contributed by atoms with van der Waals surface area (Å²) in [5.41, 5.74) is 1.27. The molecule has 0 atom stereocenters. The molecule has 54 heavy (non-hydrogen) atoms. The number of phenolic OH excluding ortho intramolecular Hbond substituents is 1. The first kappa shape index (κ1) is 37.7. The van der Waals surface area contributed by atoms with Gasteiger partial charge in [0, 0.05) is 16.8 Å². The Morgan fingerprint density at radius 3 is 1.54 bits per heavy atom. The molecule has 0 bridgehead atoms. The van der Waals surface area contributed by atoms with E-state index in [4.69, 9.17) is 0 Å². The normalized spacial score (nSPS) is 12.2. The number of aryl methyl sites for hydroxylation is 2. The van der Waals surface area contributed by atoms with Gasteiger partial charge in [-0.3, -0.25) is 13.7 Å². The van der Waals surface area contributed by atoms with Crippen molar-refractivity contribution in [1.82, 2.24) is 15.0 Å². The van der Waals surface area contributed by atoms with Gasteiger partial charge in [-0.15, -0.1) is 10.2 Å². The number of hydrogen-bond donors (Lipinski definition) is 7. The van der Waals surface area contributed by atoms with Gasteiger partial charge in [-0.1, -0.05) is 48.5 Å². The van der Waals surface area contributed by atoms with Crippen molar-refractivity contribution in [2.24, 2.45) is 10.2 Å². The molecule has 0 radical (unpaired) electrons. The minimum Gasteiger partial charge on any atom is -0.505 e. The molecule has 0 unspecified atom stereocenters. The summed E-state index contributed by atoms with van der Waals surface area (Å²) in [6, 6.07) is 21.7. The summed E-state index contributed by atoms with van der Waals surface area (Å²) in [6.07, 6.45) is 0. The summed E-state index contributed by atoms with van der Waals surface area (Å²) >= 11 is 0. The molecular formula is C33H28N8O10S3. The fraction of sp³-hybridized carbons (Fsp3) is 0.0606. The molecule has 0 saturated heterocycles. The van der Waals surface area contributed by atoms with Crippen LogP contribution in [0.25, 0.3) is 10.8 Å². The van der Waals surface area contributed by atoms with E-state index in [-0.39, 0.29) is 34.3 Å². The number of nitrogens with one attached hydrogen (secondary N) is 3. The number of azo groups is 1. The third-order valence-corrected chi connectivity index (χ3v) is 10.4. The minimum absolute atomic E-state index is 0.0120. The molecule has 0 amide bonds. The van der Waals surface area contributed by atoms with E-state index < -0.39 is 62.2 Å². The second kappa shape index (κ2) is 14.4. The minimum atomic E-state index is -5.25. The highest BCUT2D eigenvalue weighted by Crippen LogP contribution is 2.46. The van der Waals surface area contributed by atoms with Crippen LogP contribution in [0.4, 0.5) is 46.3 Å². The smallest absolute Gasteiger partial charge is 0.296 e. The summed E-state index contributed by atoms with van der Waals surface area (Å²) in [4.78, 5) is 10.7. The summed E-state index contributed by atoms with van der Waals surface area (Å²) in [7, 11) is -15.1. The second-order valence-electron chi connectivity index (χ2n) is 11.5. The Bertz CT molecular complexity index is 2770. The van der Waals surface area contributed by atoms with Gasteiger partial charge < -0.3 is 21.1 Å². The molecule has 0 fully saturated rings. The Hall–Kier alpha value is -6.10. The maximum atomic E-state index is 12.6. The van der Waals surface area contributed by atoms with E-state index in [1.54, 1.807) is 24.3 Å². The van der Waals surface area contributed by atoms with Gasteiger partial charge in [-0.2, -0.15) is 40.2 Å². The molecule has 18 nitrogen and oxygen atoms in total. The topological polar surface area (TPSA) is 283 Å². The van der Waals surface area contributed by atoms with Crippen LogP contribution in [0.15, 0.2) is 116 Å². The molecule has 0 aliphatic carbocycles. The molecule has 6 aromatic rings. The maximum Gasteiger partial charge on any atom is 0.296 e. The number of benzene rings is 5. The number of aromatic hydroxyl groups is 1. The predicted octanol–water partition coefficient (Wildman–Crippen LogP) is 6.73. The van der Waals surface area contributed by atoms with Gasteiger partial charge in [0.15, 0.2) is 5.75 Å². The van der Waals surface area contributed by atoms with Gasteiger partial charge in [0.1, 0.15) is 21.2 Å². The van der Waals surface area contributed by atoms with E-state index in [0.29, 0.717) is 11.4 Å². The van der Waals surface area contributed by atoms with E-state index in [9.17, 15) is 44.0 Å². The van der Waals surface area contributed by atoms with Gasteiger partial charge in [0.05, 0.1) is 10.6 Å². The van der Waals surface area contributed by atoms with Crippen molar-refractivity contribution in [2.45, 2.75) is 28.5 Å². The van der Waals surface area contributed by atoms with E-state index in [1.165, 1.54) is 12.1 Å². The van der Waals surface area contributed by atoms with Crippen LogP contribution in [-0.2, 0) is 30.4 Å². The summed E-state index contributed by atoms with van der Waals surface area (Å²) in [5, 5.41) is 27.3. The number of aromatic nitrogens is 3. The van der Waals surface area contributed by atoms with Crippen LogP contribution in [0.2, 0.25) is 0 Å². The number of phenols is 1. The first-order valence-electron chi connectivity index (χ1n) is 15.3. The molecule has 1 aromatic heterocycles. The largest absolute Gasteiger partial charge is 0.505 e. The van der Waals surface area contributed by atoms with Crippen LogP contribution in [0.3, 0.4) is 0 Å². The van der Waals surface area contributed by atoms with Crippen LogP contribution < -0.4 is 16.0 Å². The highest BCUT2D eigenvalue weighted by molar-refractivity contribution is 7.86. The van der Waals surface area contributed by atoms with Crippen molar-refractivity contribution in [3.8, 4) is 5.75 Å². The lowest BCUT2D eigenvalue weighted by Gasteiger charge is -2.16. The first-order chi connectivity index (χ1) is 25.4. The lowest BCUT2D eigenvalue weighted by Crippen LogP contribution is -2.09. The zero-order chi connectivity index (χ0) is 39.0. The number of rotatable bonds is 11. The summed E-state index contributed by atoms with van der Waals surface area (Å²) in [5.74, 6) is -1.21. The molecule has 0 aliphatic heterocycles. The quantitative estimate of drug-likeness (QED) is 0.0528. The van der Waals surface area contributed by atoms with Crippen LogP contribution in [-0.4, -0.2) is 59.0 Å². The van der Waals surface area contributed by atoms with Gasteiger partial charge in [-0.05, 0) is 72.8 Å². The van der Waals surface area contributed by atoms with Gasteiger partial charge in [-0.25, -0.2) is 0 Å². The molecule has 0 aliphatic rings. The van der Waals surface area contributed by atoms with E-state index in [2.05, 4.69) is 41.1 Å². The van der Waals surface area contributed by atoms with Crippen molar-refractivity contribution < 1.29 is 44.0 Å². The lowest BCUT2D eigenvalue weighted by atomic mass is 10.1. The van der Waals surface area contributed by atoms with Crippen LogP contribution >= 0.6 is 0 Å². The molecule has 0 spiro atoms. The zero-order valence-corrected chi connectivity index (χ0v) is 30.3. The number of para-hydroxylation sites is 2. The van der Waals surface area contributed by atoms with E-state index >= 15 is 0 Å². The molecular weight excluding hydrogens is 765 g/mol. The number of nitrogens with zero attached hydrogens (tertiary/aromatic N) is 5. The average Bonchev–Trinajstić information content (AvgIpc) is 3.08. The molecule has 1 heterocycles. The van der Waals surface area contributed by atoms with Crippen molar-refractivity contribution >= 4 is 87.4 Å². The van der Waals surface area contributed by atoms with Gasteiger partial charge in [0.2, 0.25) is 17.8 Å². The van der Waals surface area contributed by atoms with Crippen LogP contribution in [0.5, 0.6) is 5.75 Å².